The molecule has 1 rings (SSSR count). The monoisotopic (exact) mass is 341 g/mol. The second-order valence-electron chi connectivity index (χ2n) is 5.32. The molecule has 0 aromatic heterocycles. The van der Waals surface area contributed by atoms with Crippen LogP contribution in [0.5, 0.6) is 0 Å². The number of hydrogen-bond acceptors (Lipinski definition) is 3. The average molecular weight is 342 g/mol. The van der Waals surface area contributed by atoms with Crippen molar-refractivity contribution >= 4 is 26.0 Å². The number of ether oxygens (including phenoxy) is 1. The van der Waals surface area contributed by atoms with Gasteiger partial charge in [-0.25, -0.2) is 13.1 Å². The molecular formula is C12H24BrNO3S. The minimum Gasteiger partial charge on any atom is -0.378 e. The first-order valence-corrected chi connectivity index (χ1v) is 9.36. The number of rotatable bonds is 7. The quantitative estimate of drug-likeness (QED) is 0.723. The highest BCUT2D eigenvalue weighted by molar-refractivity contribution is 9.09. The molecule has 0 spiro atoms. The van der Waals surface area contributed by atoms with Crippen molar-refractivity contribution in [2.45, 2.75) is 57.6 Å². The summed E-state index contributed by atoms with van der Waals surface area (Å²) in [5.41, 5.74) is -0.283. The van der Waals surface area contributed by atoms with Gasteiger partial charge in [0, 0.05) is 10.9 Å². The SMILES string of the molecule is CC(C)OCCS(=O)(=O)NC1(CBr)CCCCC1. The maximum absolute atomic E-state index is 12.0. The number of nitrogens with one attached hydrogen (secondary N) is 1. The van der Waals surface area contributed by atoms with E-state index in [4.69, 9.17) is 4.74 Å². The lowest BCUT2D eigenvalue weighted by molar-refractivity contribution is 0.0910. The van der Waals surface area contributed by atoms with Crippen LogP contribution < -0.4 is 4.72 Å². The van der Waals surface area contributed by atoms with E-state index in [9.17, 15) is 8.42 Å². The van der Waals surface area contributed by atoms with Crippen molar-refractivity contribution in [2.75, 3.05) is 17.7 Å². The van der Waals surface area contributed by atoms with Gasteiger partial charge in [-0.05, 0) is 26.7 Å². The smallest absolute Gasteiger partial charge is 0.214 e. The Morgan fingerprint density at radius 3 is 2.39 bits per heavy atom. The summed E-state index contributed by atoms with van der Waals surface area (Å²) in [4.78, 5) is 0. The summed E-state index contributed by atoms with van der Waals surface area (Å²) in [5.74, 6) is 0.0416. The van der Waals surface area contributed by atoms with Crippen LogP contribution in [-0.4, -0.2) is 37.8 Å². The van der Waals surface area contributed by atoms with Crippen LogP contribution in [0.25, 0.3) is 0 Å². The lowest BCUT2D eigenvalue weighted by atomic mass is 9.84. The molecule has 0 aromatic rings. The van der Waals surface area contributed by atoms with E-state index in [0.717, 1.165) is 25.7 Å². The highest BCUT2D eigenvalue weighted by atomic mass is 79.9. The molecule has 1 fully saturated rings. The lowest BCUT2D eigenvalue weighted by Gasteiger charge is -2.36. The van der Waals surface area contributed by atoms with Crippen LogP contribution in [0, 0.1) is 0 Å². The van der Waals surface area contributed by atoms with Crippen LogP contribution in [0.2, 0.25) is 0 Å². The third-order valence-electron chi connectivity index (χ3n) is 3.24. The van der Waals surface area contributed by atoms with E-state index in [1.807, 2.05) is 13.8 Å². The van der Waals surface area contributed by atoms with Crippen LogP contribution >= 0.6 is 15.9 Å². The fourth-order valence-corrected chi connectivity index (χ4v) is 4.51. The van der Waals surface area contributed by atoms with Gasteiger partial charge in [0.15, 0.2) is 0 Å². The molecule has 0 heterocycles. The lowest BCUT2D eigenvalue weighted by Crippen LogP contribution is -2.52. The Balaban J connectivity index is 2.51. The van der Waals surface area contributed by atoms with Crippen molar-refractivity contribution < 1.29 is 13.2 Å². The maximum atomic E-state index is 12.0. The zero-order valence-electron chi connectivity index (χ0n) is 11.2. The van der Waals surface area contributed by atoms with Gasteiger partial charge in [-0.3, -0.25) is 0 Å². The summed E-state index contributed by atoms with van der Waals surface area (Å²) in [7, 11) is -3.25. The number of sulfonamides is 1. The molecule has 1 aliphatic rings. The summed E-state index contributed by atoms with van der Waals surface area (Å²) >= 11 is 3.45. The van der Waals surface area contributed by atoms with E-state index in [0.29, 0.717) is 5.33 Å². The first-order valence-electron chi connectivity index (χ1n) is 6.58. The van der Waals surface area contributed by atoms with Crippen LogP contribution in [0.15, 0.2) is 0 Å². The third-order valence-corrected chi connectivity index (χ3v) is 5.76. The molecule has 6 heteroatoms. The average Bonchev–Trinajstić information content (AvgIpc) is 2.28. The predicted octanol–water partition coefficient (Wildman–Crippen LogP) is 2.43. The van der Waals surface area contributed by atoms with Gasteiger partial charge in [-0.15, -0.1) is 0 Å². The van der Waals surface area contributed by atoms with Gasteiger partial charge in [0.2, 0.25) is 10.0 Å². The molecule has 0 radical (unpaired) electrons. The Morgan fingerprint density at radius 2 is 1.89 bits per heavy atom. The van der Waals surface area contributed by atoms with E-state index in [1.54, 1.807) is 0 Å². The van der Waals surface area contributed by atoms with Gasteiger partial charge in [-0.2, -0.15) is 0 Å². The fraction of sp³-hybridized carbons (Fsp3) is 1.00. The molecule has 0 unspecified atom stereocenters. The molecule has 1 aliphatic carbocycles. The third kappa shape index (κ3) is 5.55. The molecule has 1 saturated carbocycles. The normalized spacial score (nSPS) is 20.2. The topological polar surface area (TPSA) is 55.4 Å². The van der Waals surface area contributed by atoms with E-state index < -0.39 is 10.0 Å². The summed E-state index contributed by atoms with van der Waals surface area (Å²) < 4.78 is 32.2. The second kappa shape index (κ2) is 7.22. The summed E-state index contributed by atoms with van der Waals surface area (Å²) in [6.07, 6.45) is 5.30. The Labute approximate surface area is 119 Å². The first-order chi connectivity index (χ1) is 8.39. The zero-order chi connectivity index (χ0) is 13.6. The highest BCUT2D eigenvalue weighted by Gasteiger charge is 2.34. The van der Waals surface area contributed by atoms with Crippen LogP contribution in [0.1, 0.15) is 46.0 Å². The van der Waals surface area contributed by atoms with Gasteiger partial charge in [-0.1, -0.05) is 35.2 Å². The molecular weight excluding hydrogens is 318 g/mol. The zero-order valence-corrected chi connectivity index (χ0v) is 13.6. The second-order valence-corrected chi connectivity index (χ2v) is 7.72. The van der Waals surface area contributed by atoms with Gasteiger partial charge >= 0.3 is 0 Å². The molecule has 4 nitrogen and oxygen atoms in total. The number of hydrogen-bond donors (Lipinski definition) is 1. The van der Waals surface area contributed by atoms with Crippen LogP contribution in [0.3, 0.4) is 0 Å². The Morgan fingerprint density at radius 1 is 1.28 bits per heavy atom. The Kier molecular flexibility index (Phi) is 6.58. The van der Waals surface area contributed by atoms with Gasteiger partial charge in [0.1, 0.15) is 0 Å². The molecule has 0 aromatic carbocycles. The summed E-state index contributed by atoms with van der Waals surface area (Å²) in [6, 6.07) is 0. The minimum atomic E-state index is -3.25. The predicted molar refractivity (Wildman–Crippen MR) is 77.6 cm³/mol. The molecule has 0 amide bonds. The van der Waals surface area contributed by atoms with E-state index >= 15 is 0 Å². The highest BCUT2D eigenvalue weighted by Crippen LogP contribution is 2.30. The molecule has 0 bridgehead atoms. The van der Waals surface area contributed by atoms with Crippen molar-refractivity contribution in [3.05, 3.63) is 0 Å². The van der Waals surface area contributed by atoms with Crippen LogP contribution in [-0.2, 0) is 14.8 Å². The van der Waals surface area contributed by atoms with Crippen molar-refractivity contribution in [1.29, 1.82) is 0 Å². The molecule has 0 saturated heterocycles. The maximum Gasteiger partial charge on any atom is 0.214 e. The number of alkyl halides is 1. The molecule has 0 aliphatic heterocycles. The molecule has 108 valence electrons. The largest absolute Gasteiger partial charge is 0.378 e. The van der Waals surface area contributed by atoms with Crippen molar-refractivity contribution in [2.24, 2.45) is 0 Å². The van der Waals surface area contributed by atoms with Gasteiger partial charge < -0.3 is 4.74 Å². The van der Waals surface area contributed by atoms with Crippen molar-refractivity contribution in [3.63, 3.8) is 0 Å². The molecule has 18 heavy (non-hydrogen) atoms. The van der Waals surface area contributed by atoms with Crippen molar-refractivity contribution in [1.82, 2.24) is 4.72 Å². The Hall–Kier alpha value is 0.350. The summed E-state index contributed by atoms with van der Waals surface area (Å²) in [6.45, 7) is 4.06. The minimum absolute atomic E-state index is 0.0416. The standard InChI is InChI=1S/C12H24BrNO3S/c1-11(2)17-8-9-18(15,16)14-12(10-13)6-4-3-5-7-12/h11,14H,3-10H2,1-2H3. The fourth-order valence-electron chi connectivity index (χ4n) is 2.27. The number of halogens is 1. The van der Waals surface area contributed by atoms with Crippen LogP contribution in [0.4, 0.5) is 0 Å². The Bertz CT molecular complexity index is 337. The van der Waals surface area contributed by atoms with Gasteiger partial charge in [0.05, 0.1) is 18.5 Å². The van der Waals surface area contributed by atoms with E-state index in [1.165, 1.54) is 6.42 Å². The van der Waals surface area contributed by atoms with Gasteiger partial charge in [0.25, 0.3) is 0 Å². The summed E-state index contributed by atoms with van der Waals surface area (Å²) in [5, 5.41) is 0.685. The van der Waals surface area contributed by atoms with Crippen molar-refractivity contribution in [3.8, 4) is 0 Å². The van der Waals surface area contributed by atoms with E-state index in [2.05, 4.69) is 20.7 Å². The first kappa shape index (κ1) is 16.4. The van der Waals surface area contributed by atoms with E-state index in [-0.39, 0.29) is 24.0 Å². The molecule has 1 N–H and O–H groups in total. The molecule has 0 atom stereocenters.